The number of benzene rings is 2. The fraction of sp³-hybridized carbons (Fsp3) is 0.125. The summed E-state index contributed by atoms with van der Waals surface area (Å²) >= 11 is 11.9. The highest BCUT2D eigenvalue weighted by molar-refractivity contribution is 6.36. The molecule has 0 radical (unpaired) electrons. The highest BCUT2D eigenvalue weighted by Gasteiger charge is 2.37. The van der Waals surface area contributed by atoms with Crippen LogP contribution in [0.5, 0.6) is 0 Å². The molecule has 3 aromatic rings. The van der Waals surface area contributed by atoms with E-state index in [1.165, 1.54) is 24.3 Å². The summed E-state index contributed by atoms with van der Waals surface area (Å²) in [6.45, 7) is 2.83. The Kier molecular flexibility index (Phi) is 6.37. The largest absolute Gasteiger partial charge is 0.452 e. The van der Waals surface area contributed by atoms with E-state index >= 15 is 0 Å². The predicted octanol–water partition coefficient (Wildman–Crippen LogP) is 4.60. The van der Waals surface area contributed by atoms with Crippen molar-refractivity contribution in [2.45, 2.75) is 13.8 Å². The molecule has 8 nitrogen and oxygen atoms in total. The SMILES string of the molecule is Cc1ccccc1N1C(=O)c2ccc(C(=O)OCC(=O)Nc3nc(C)c(Cl)cc3Cl)cc2C1=O. The second kappa shape index (κ2) is 9.24. The molecule has 10 heteroatoms. The van der Waals surface area contributed by atoms with Crippen LogP contribution >= 0.6 is 23.2 Å². The van der Waals surface area contributed by atoms with Crippen molar-refractivity contribution in [3.63, 3.8) is 0 Å². The maximum Gasteiger partial charge on any atom is 0.338 e. The lowest BCUT2D eigenvalue weighted by molar-refractivity contribution is -0.119. The number of esters is 1. The normalized spacial score (nSPS) is 12.5. The number of nitrogens with one attached hydrogen (secondary N) is 1. The molecule has 172 valence electrons. The number of nitrogens with zero attached hydrogens (tertiary/aromatic N) is 2. The second-order valence-corrected chi connectivity index (χ2v) is 8.32. The molecule has 1 N–H and O–H groups in total. The number of ether oxygens (including phenoxy) is 1. The van der Waals surface area contributed by atoms with Crippen LogP contribution < -0.4 is 10.2 Å². The summed E-state index contributed by atoms with van der Waals surface area (Å²) in [5.74, 6) is -2.43. The van der Waals surface area contributed by atoms with Gasteiger partial charge in [0, 0.05) is 0 Å². The molecule has 0 aliphatic carbocycles. The van der Waals surface area contributed by atoms with Gasteiger partial charge in [-0.15, -0.1) is 0 Å². The molecule has 1 aromatic heterocycles. The third-order valence-electron chi connectivity index (χ3n) is 5.18. The molecule has 0 saturated heterocycles. The molecule has 2 heterocycles. The van der Waals surface area contributed by atoms with Crippen molar-refractivity contribution >= 4 is 58.4 Å². The molecular weight excluding hydrogens is 481 g/mol. The van der Waals surface area contributed by atoms with E-state index < -0.39 is 30.3 Å². The third-order valence-corrected chi connectivity index (χ3v) is 5.85. The smallest absolute Gasteiger partial charge is 0.338 e. The van der Waals surface area contributed by atoms with Gasteiger partial charge in [-0.2, -0.15) is 0 Å². The van der Waals surface area contributed by atoms with Crippen molar-refractivity contribution in [1.82, 2.24) is 4.98 Å². The lowest BCUT2D eigenvalue weighted by Gasteiger charge is -2.16. The van der Waals surface area contributed by atoms with E-state index in [4.69, 9.17) is 27.9 Å². The van der Waals surface area contributed by atoms with Crippen LogP contribution in [-0.2, 0) is 9.53 Å². The van der Waals surface area contributed by atoms with Gasteiger partial charge in [-0.05, 0) is 49.7 Å². The summed E-state index contributed by atoms with van der Waals surface area (Å²) in [5.41, 5.74) is 1.99. The molecule has 0 unspecified atom stereocenters. The van der Waals surface area contributed by atoms with Crippen LogP contribution in [0, 0.1) is 13.8 Å². The first-order valence-corrected chi connectivity index (χ1v) is 10.8. The van der Waals surface area contributed by atoms with Gasteiger partial charge in [0.05, 0.1) is 38.1 Å². The van der Waals surface area contributed by atoms with Crippen LogP contribution in [0.4, 0.5) is 11.5 Å². The molecule has 0 bridgehead atoms. The summed E-state index contributed by atoms with van der Waals surface area (Å²) in [6, 6.07) is 12.5. The van der Waals surface area contributed by atoms with Gasteiger partial charge in [-0.3, -0.25) is 14.4 Å². The van der Waals surface area contributed by atoms with Gasteiger partial charge in [0.25, 0.3) is 17.7 Å². The third kappa shape index (κ3) is 4.37. The Morgan fingerprint density at radius 2 is 1.68 bits per heavy atom. The summed E-state index contributed by atoms with van der Waals surface area (Å²) in [4.78, 5) is 55.6. The van der Waals surface area contributed by atoms with E-state index in [2.05, 4.69) is 10.3 Å². The number of fused-ring (bicyclic) bond motifs is 1. The molecule has 3 amide bonds. The highest BCUT2D eigenvalue weighted by atomic mass is 35.5. The zero-order valence-electron chi connectivity index (χ0n) is 18.0. The maximum absolute atomic E-state index is 12.9. The minimum Gasteiger partial charge on any atom is -0.452 e. The van der Waals surface area contributed by atoms with Gasteiger partial charge in [0.1, 0.15) is 0 Å². The Labute approximate surface area is 204 Å². The van der Waals surface area contributed by atoms with Crippen molar-refractivity contribution in [1.29, 1.82) is 0 Å². The Morgan fingerprint density at radius 3 is 2.41 bits per heavy atom. The second-order valence-electron chi connectivity index (χ2n) is 7.50. The fourth-order valence-corrected chi connectivity index (χ4v) is 3.84. The van der Waals surface area contributed by atoms with Crippen LogP contribution in [0.15, 0.2) is 48.5 Å². The zero-order valence-corrected chi connectivity index (χ0v) is 19.5. The maximum atomic E-state index is 12.9. The number of hydrogen-bond donors (Lipinski definition) is 1. The van der Waals surface area contributed by atoms with Crippen molar-refractivity contribution in [3.05, 3.63) is 86.5 Å². The Hall–Kier alpha value is -3.75. The van der Waals surface area contributed by atoms with Crippen molar-refractivity contribution in [2.75, 3.05) is 16.8 Å². The Bertz CT molecular complexity index is 1370. The Balaban J connectivity index is 1.46. The first-order valence-electron chi connectivity index (χ1n) is 10.1. The summed E-state index contributed by atoms with van der Waals surface area (Å²) < 4.78 is 5.05. The molecule has 0 spiro atoms. The molecule has 1 aliphatic heterocycles. The minimum atomic E-state index is -0.834. The van der Waals surface area contributed by atoms with Gasteiger partial charge < -0.3 is 10.1 Å². The summed E-state index contributed by atoms with van der Waals surface area (Å²) in [5, 5.41) is 2.93. The van der Waals surface area contributed by atoms with E-state index in [1.54, 1.807) is 38.1 Å². The highest BCUT2D eigenvalue weighted by Crippen LogP contribution is 2.31. The first kappa shape index (κ1) is 23.4. The van der Waals surface area contributed by atoms with E-state index in [-0.39, 0.29) is 27.5 Å². The molecule has 0 fully saturated rings. The molecule has 0 saturated carbocycles. The van der Waals surface area contributed by atoms with Gasteiger partial charge in [-0.25, -0.2) is 14.7 Å². The van der Waals surface area contributed by atoms with Crippen LogP contribution in [-0.4, -0.2) is 35.3 Å². The number of hydrogen-bond acceptors (Lipinski definition) is 6. The first-order chi connectivity index (χ1) is 16.2. The van der Waals surface area contributed by atoms with E-state index in [1.807, 2.05) is 0 Å². The average molecular weight is 498 g/mol. The fourth-order valence-electron chi connectivity index (χ4n) is 3.43. The molecule has 2 aromatic carbocycles. The number of amides is 3. The number of pyridine rings is 1. The van der Waals surface area contributed by atoms with Crippen molar-refractivity contribution < 1.29 is 23.9 Å². The Morgan fingerprint density at radius 1 is 0.971 bits per heavy atom. The number of para-hydroxylation sites is 1. The average Bonchev–Trinajstić information content (AvgIpc) is 3.05. The van der Waals surface area contributed by atoms with Crippen LogP contribution in [0.3, 0.4) is 0 Å². The lowest BCUT2D eigenvalue weighted by Crippen LogP contribution is -2.29. The zero-order chi connectivity index (χ0) is 24.6. The number of carbonyl (C=O) groups is 4. The van der Waals surface area contributed by atoms with E-state index in [0.717, 1.165) is 10.5 Å². The lowest BCUT2D eigenvalue weighted by atomic mass is 10.1. The number of anilines is 2. The molecule has 1 aliphatic rings. The number of imide groups is 1. The van der Waals surface area contributed by atoms with Crippen LogP contribution in [0.2, 0.25) is 10.0 Å². The van der Waals surface area contributed by atoms with Crippen molar-refractivity contribution in [3.8, 4) is 0 Å². The monoisotopic (exact) mass is 497 g/mol. The number of rotatable bonds is 5. The summed E-state index contributed by atoms with van der Waals surface area (Å²) in [6.07, 6.45) is 0. The van der Waals surface area contributed by atoms with E-state index in [9.17, 15) is 19.2 Å². The standard InChI is InChI=1S/C24H17Cl2N3O5/c1-12-5-3-4-6-19(12)29-22(31)15-8-7-14(9-16(15)23(29)32)24(33)34-11-20(30)28-21-18(26)10-17(25)13(2)27-21/h3-10H,11H2,1-2H3,(H,27,28,30). The predicted molar refractivity (Wildman–Crippen MR) is 127 cm³/mol. The number of aromatic nitrogens is 1. The van der Waals surface area contributed by atoms with Crippen LogP contribution in [0.1, 0.15) is 42.3 Å². The quantitative estimate of drug-likeness (QED) is 0.407. The van der Waals surface area contributed by atoms with Gasteiger partial charge in [0.2, 0.25) is 0 Å². The molecule has 0 atom stereocenters. The van der Waals surface area contributed by atoms with Crippen molar-refractivity contribution in [2.24, 2.45) is 0 Å². The summed E-state index contributed by atoms with van der Waals surface area (Å²) in [7, 11) is 0. The minimum absolute atomic E-state index is 0.0258. The van der Waals surface area contributed by atoms with Gasteiger partial charge in [-0.1, -0.05) is 41.4 Å². The number of halogens is 2. The topological polar surface area (TPSA) is 106 Å². The molecule has 34 heavy (non-hydrogen) atoms. The molecular formula is C24H17Cl2N3O5. The van der Waals surface area contributed by atoms with Crippen LogP contribution in [0.25, 0.3) is 0 Å². The van der Waals surface area contributed by atoms with Gasteiger partial charge in [0.15, 0.2) is 12.4 Å². The van der Waals surface area contributed by atoms with E-state index in [0.29, 0.717) is 16.4 Å². The molecule has 4 rings (SSSR count). The van der Waals surface area contributed by atoms with Gasteiger partial charge >= 0.3 is 5.97 Å². The number of aryl methyl sites for hydroxylation is 2. The number of carbonyl (C=O) groups excluding carboxylic acids is 4.